The third-order valence-corrected chi connectivity index (χ3v) is 1.82. The minimum Gasteiger partial charge on any atom is -0.405 e. The summed E-state index contributed by atoms with van der Waals surface area (Å²) in [6, 6.07) is 1.79. The number of hydrogen-bond acceptors (Lipinski definition) is 3. The monoisotopic (exact) mass is 190 g/mol. The van der Waals surface area contributed by atoms with Crippen molar-refractivity contribution in [2.24, 2.45) is 12.8 Å². The summed E-state index contributed by atoms with van der Waals surface area (Å²) in [5.74, 6) is 0.615. The maximum atomic E-state index is 5.66. The Morgan fingerprint density at radius 3 is 2.79 bits per heavy atom. The van der Waals surface area contributed by atoms with Gasteiger partial charge in [0.2, 0.25) is 0 Å². The van der Waals surface area contributed by atoms with E-state index in [1.54, 1.807) is 29.9 Å². The normalized spacial score (nSPS) is 12.2. The molecule has 0 saturated carbocycles. The number of hydrogen-bond donors (Lipinski definition) is 2. The summed E-state index contributed by atoms with van der Waals surface area (Å²) in [4.78, 5) is 0. The molecule has 0 radical (unpaired) electrons. The minimum atomic E-state index is 0.615. The molecule has 0 aliphatic heterocycles. The molecule has 0 fully saturated rings. The van der Waals surface area contributed by atoms with Gasteiger partial charge in [-0.2, -0.15) is 5.10 Å². The van der Waals surface area contributed by atoms with Gasteiger partial charge in [0, 0.05) is 18.7 Å². The van der Waals surface area contributed by atoms with Crippen LogP contribution in [-0.2, 0) is 7.05 Å². The number of nitrogens with zero attached hydrogens (tertiary/aromatic N) is 2. The van der Waals surface area contributed by atoms with E-state index in [1.807, 2.05) is 6.08 Å². The molecule has 1 aromatic heterocycles. The highest BCUT2D eigenvalue weighted by atomic mass is 15.3. The molecule has 74 valence electrons. The van der Waals surface area contributed by atoms with Crippen LogP contribution < -0.4 is 11.5 Å². The maximum absolute atomic E-state index is 5.66. The molecule has 0 aliphatic carbocycles. The highest BCUT2D eigenvalue weighted by Gasteiger charge is 2.03. The van der Waals surface area contributed by atoms with Gasteiger partial charge in [-0.3, -0.25) is 4.68 Å². The van der Waals surface area contributed by atoms with Gasteiger partial charge in [0.15, 0.2) is 0 Å². The first-order valence-electron chi connectivity index (χ1n) is 4.20. The maximum Gasteiger partial charge on any atom is 0.121 e. The Morgan fingerprint density at radius 2 is 2.36 bits per heavy atom. The average Bonchev–Trinajstić information content (AvgIpc) is 2.48. The van der Waals surface area contributed by atoms with Crippen LogP contribution in [0.3, 0.4) is 0 Å². The topological polar surface area (TPSA) is 69.9 Å². The molecule has 1 heterocycles. The molecular weight excluding hydrogens is 176 g/mol. The molecule has 0 amide bonds. The standard InChI is InChI=1S/C10H14N4/c1-3-8(5-4-6-11)9-7-10(12)14(2)13-9/h3-7H,1,11-12H2,2H3/b6-4-,8-5+. The van der Waals surface area contributed by atoms with Crippen LogP contribution in [0.5, 0.6) is 0 Å². The molecule has 1 aromatic rings. The Labute approximate surface area is 83.2 Å². The van der Waals surface area contributed by atoms with Gasteiger partial charge in [0.25, 0.3) is 0 Å². The molecule has 14 heavy (non-hydrogen) atoms. The minimum absolute atomic E-state index is 0.615. The van der Waals surface area contributed by atoms with Gasteiger partial charge in [-0.25, -0.2) is 0 Å². The highest BCUT2D eigenvalue weighted by molar-refractivity contribution is 5.73. The molecule has 1 rings (SSSR count). The Morgan fingerprint density at radius 1 is 1.64 bits per heavy atom. The molecule has 0 spiro atoms. The summed E-state index contributed by atoms with van der Waals surface area (Å²) in [6.07, 6.45) is 6.72. The van der Waals surface area contributed by atoms with Crippen molar-refractivity contribution in [2.75, 3.05) is 5.73 Å². The lowest BCUT2D eigenvalue weighted by Gasteiger charge is -1.93. The number of nitrogen functional groups attached to an aromatic ring is 1. The van der Waals surface area contributed by atoms with Crippen molar-refractivity contribution in [1.82, 2.24) is 9.78 Å². The second kappa shape index (κ2) is 4.32. The third-order valence-electron chi connectivity index (χ3n) is 1.82. The van der Waals surface area contributed by atoms with Crippen LogP contribution in [0.4, 0.5) is 5.82 Å². The van der Waals surface area contributed by atoms with Gasteiger partial charge < -0.3 is 11.5 Å². The number of rotatable bonds is 3. The molecule has 0 atom stereocenters. The van der Waals surface area contributed by atoms with Crippen molar-refractivity contribution < 1.29 is 0 Å². The van der Waals surface area contributed by atoms with Crippen molar-refractivity contribution in [1.29, 1.82) is 0 Å². The first kappa shape index (κ1) is 10.1. The highest BCUT2D eigenvalue weighted by Crippen LogP contribution is 2.16. The molecule has 0 bridgehead atoms. The van der Waals surface area contributed by atoms with Gasteiger partial charge in [-0.05, 0) is 12.3 Å². The summed E-state index contributed by atoms with van der Waals surface area (Å²) < 4.78 is 1.61. The van der Waals surface area contributed by atoms with E-state index >= 15 is 0 Å². The summed E-state index contributed by atoms with van der Waals surface area (Å²) in [5.41, 5.74) is 12.6. The first-order valence-corrected chi connectivity index (χ1v) is 4.20. The molecule has 0 saturated heterocycles. The van der Waals surface area contributed by atoms with E-state index in [4.69, 9.17) is 11.5 Å². The molecule has 4 N–H and O–H groups in total. The largest absolute Gasteiger partial charge is 0.405 e. The Bertz CT molecular complexity index is 365. The second-order valence-electron chi connectivity index (χ2n) is 2.79. The number of aryl methyl sites for hydroxylation is 1. The van der Waals surface area contributed by atoms with Gasteiger partial charge >= 0.3 is 0 Å². The lowest BCUT2D eigenvalue weighted by molar-refractivity contribution is 0.774. The summed E-state index contributed by atoms with van der Waals surface area (Å²) in [6.45, 7) is 3.70. The average molecular weight is 190 g/mol. The van der Waals surface area contributed by atoms with E-state index in [-0.39, 0.29) is 0 Å². The fraction of sp³-hybridized carbons (Fsp3) is 0.100. The van der Waals surface area contributed by atoms with Gasteiger partial charge in [-0.1, -0.05) is 18.7 Å². The van der Waals surface area contributed by atoms with Gasteiger partial charge in [0.1, 0.15) is 5.82 Å². The van der Waals surface area contributed by atoms with Crippen molar-refractivity contribution in [2.45, 2.75) is 0 Å². The molecule has 0 unspecified atom stereocenters. The molecule has 0 aliphatic rings. The van der Waals surface area contributed by atoms with Crippen LogP contribution in [0.1, 0.15) is 5.69 Å². The first-order chi connectivity index (χ1) is 6.69. The van der Waals surface area contributed by atoms with E-state index in [9.17, 15) is 0 Å². The van der Waals surface area contributed by atoms with E-state index in [2.05, 4.69) is 11.7 Å². The van der Waals surface area contributed by atoms with E-state index < -0.39 is 0 Å². The lowest BCUT2D eigenvalue weighted by atomic mass is 10.2. The number of aromatic nitrogens is 2. The molecule has 4 nitrogen and oxygen atoms in total. The van der Waals surface area contributed by atoms with Crippen LogP contribution in [0, 0.1) is 0 Å². The smallest absolute Gasteiger partial charge is 0.121 e. The van der Waals surface area contributed by atoms with E-state index in [1.165, 1.54) is 6.20 Å². The predicted molar refractivity (Wildman–Crippen MR) is 59.1 cm³/mol. The van der Waals surface area contributed by atoms with Crippen molar-refractivity contribution in [3.8, 4) is 0 Å². The van der Waals surface area contributed by atoms with E-state index in [0.717, 1.165) is 11.3 Å². The number of nitrogens with two attached hydrogens (primary N) is 2. The SMILES string of the molecule is C=C/C(=C\C=C/N)c1cc(N)n(C)n1. The molecular formula is C10H14N4. The van der Waals surface area contributed by atoms with Gasteiger partial charge in [-0.15, -0.1) is 0 Å². The Kier molecular flexibility index (Phi) is 3.12. The summed E-state index contributed by atoms with van der Waals surface area (Å²) in [5, 5.41) is 4.21. The van der Waals surface area contributed by atoms with E-state index in [0.29, 0.717) is 5.82 Å². The fourth-order valence-corrected chi connectivity index (χ4v) is 1.04. The van der Waals surface area contributed by atoms with Crippen LogP contribution in [0.25, 0.3) is 5.57 Å². The van der Waals surface area contributed by atoms with Crippen molar-refractivity contribution in [3.05, 3.63) is 42.8 Å². The summed E-state index contributed by atoms with van der Waals surface area (Å²) in [7, 11) is 1.79. The van der Waals surface area contributed by atoms with Gasteiger partial charge in [0.05, 0.1) is 5.69 Å². The molecule has 0 aromatic carbocycles. The lowest BCUT2D eigenvalue weighted by Crippen LogP contribution is -1.96. The van der Waals surface area contributed by atoms with Crippen LogP contribution in [0.15, 0.2) is 37.1 Å². The number of anilines is 1. The quantitative estimate of drug-likeness (QED) is 0.700. The zero-order valence-corrected chi connectivity index (χ0v) is 8.14. The number of allylic oxidation sites excluding steroid dienone is 4. The predicted octanol–water partition coefficient (Wildman–Crippen LogP) is 1.04. The van der Waals surface area contributed by atoms with Crippen LogP contribution >= 0.6 is 0 Å². The Balaban J connectivity index is 3.07. The van der Waals surface area contributed by atoms with Crippen molar-refractivity contribution in [3.63, 3.8) is 0 Å². The zero-order valence-electron chi connectivity index (χ0n) is 8.14. The third kappa shape index (κ3) is 2.04. The fourth-order valence-electron chi connectivity index (χ4n) is 1.04. The molecule has 4 heteroatoms. The summed E-state index contributed by atoms with van der Waals surface area (Å²) >= 11 is 0. The van der Waals surface area contributed by atoms with Crippen LogP contribution in [0.2, 0.25) is 0 Å². The zero-order chi connectivity index (χ0) is 10.6. The Hall–Kier alpha value is -1.97. The second-order valence-corrected chi connectivity index (χ2v) is 2.79. The van der Waals surface area contributed by atoms with Crippen molar-refractivity contribution >= 4 is 11.4 Å². The van der Waals surface area contributed by atoms with Crippen LogP contribution in [-0.4, -0.2) is 9.78 Å².